The Labute approximate surface area is 93.9 Å². The third-order valence-electron chi connectivity index (χ3n) is 2.46. The van der Waals surface area contributed by atoms with Gasteiger partial charge in [0.05, 0.1) is 17.1 Å². The van der Waals surface area contributed by atoms with Gasteiger partial charge < -0.3 is 5.73 Å². The fourth-order valence-corrected chi connectivity index (χ4v) is 1.62. The number of rotatable bonds is 1. The molecule has 0 aliphatic rings. The SMILES string of the molecule is Cc1cc(F)cc(-c2ccc(N)c(C)n2)c1. The standard InChI is InChI=1S/C13H13FN2/c1-8-5-10(7-11(14)6-8)13-4-3-12(15)9(2)16-13/h3-7H,15H2,1-2H3. The molecule has 0 atom stereocenters. The number of hydrogen-bond acceptors (Lipinski definition) is 2. The van der Waals surface area contributed by atoms with E-state index in [2.05, 4.69) is 4.98 Å². The minimum absolute atomic E-state index is 0.244. The van der Waals surface area contributed by atoms with E-state index in [1.165, 1.54) is 12.1 Å². The zero-order valence-electron chi connectivity index (χ0n) is 9.29. The summed E-state index contributed by atoms with van der Waals surface area (Å²) in [7, 11) is 0. The maximum Gasteiger partial charge on any atom is 0.124 e. The van der Waals surface area contributed by atoms with Crippen molar-refractivity contribution in [2.75, 3.05) is 5.73 Å². The van der Waals surface area contributed by atoms with Crippen LogP contribution in [-0.4, -0.2) is 4.98 Å². The molecule has 2 N–H and O–H groups in total. The predicted molar refractivity (Wildman–Crippen MR) is 63.5 cm³/mol. The molecule has 1 heterocycles. The minimum Gasteiger partial charge on any atom is -0.397 e. The van der Waals surface area contributed by atoms with Crippen molar-refractivity contribution in [1.82, 2.24) is 4.98 Å². The Morgan fingerprint density at radius 1 is 1.12 bits per heavy atom. The lowest BCUT2D eigenvalue weighted by molar-refractivity contribution is 0.627. The second-order valence-corrected chi connectivity index (χ2v) is 3.89. The molecule has 1 aromatic heterocycles. The van der Waals surface area contributed by atoms with Crippen LogP contribution < -0.4 is 5.73 Å². The first-order valence-electron chi connectivity index (χ1n) is 5.07. The molecule has 0 saturated heterocycles. The van der Waals surface area contributed by atoms with Gasteiger partial charge in [0.15, 0.2) is 0 Å². The van der Waals surface area contributed by atoms with E-state index in [-0.39, 0.29) is 5.82 Å². The van der Waals surface area contributed by atoms with Crippen LogP contribution >= 0.6 is 0 Å². The first kappa shape index (κ1) is 10.6. The van der Waals surface area contributed by atoms with Gasteiger partial charge in [-0.1, -0.05) is 0 Å². The van der Waals surface area contributed by atoms with Crippen LogP contribution in [0.2, 0.25) is 0 Å². The van der Waals surface area contributed by atoms with Crippen LogP contribution in [0.1, 0.15) is 11.3 Å². The van der Waals surface area contributed by atoms with E-state index in [0.29, 0.717) is 5.69 Å². The van der Waals surface area contributed by atoms with Gasteiger partial charge in [-0.25, -0.2) is 4.39 Å². The molecule has 0 aliphatic heterocycles. The van der Waals surface area contributed by atoms with Gasteiger partial charge in [0.1, 0.15) is 5.82 Å². The zero-order chi connectivity index (χ0) is 11.7. The number of hydrogen-bond donors (Lipinski definition) is 1. The molecule has 16 heavy (non-hydrogen) atoms. The Morgan fingerprint density at radius 2 is 1.88 bits per heavy atom. The van der Waals surface area contributed by atoms with E-state index in [4.69, 9.17) is 5.73 Å². The zero-order valence-corrected chi connectivity index (χ0v) is 9.29. The number of benzene rings is 1. The van der Waals surface area contributed by atoms with Crippen molar-refractivity contribution in [1.29, 1.82) is 0 Å². The number of nitrogens with zero attached hydrogens (tertiary/aromatic N) is 1. The average Bonchev–Trinajstić information content (AvgIpc) is 2.20. The molecule has 1 aromatic carbocycles. The van der Waals surface area contributed by atoms with Gasteiger partial charge in [-0.3, -0.25) is 4.98 Å². The van der Waals surface area contributed by atoms with Crippen molar-refractivity contribution in [2.45, 2.75) is 13.8 Å². The molecular weight excluding hydrogens is 203 g/mol. The summed E-state index contributed by atoms with van der Waals surface area (Å²) in [6, 6.07) is 8.47. The van der Waals surface area contributed by atoms with Crippen LogP contribution in [0.3, 0.4) is 0 Å². The van der Waals surface area contributed by atoms with Crippen molar-refractivity contribution in [3.63, 3.8) is 0 Å². The molecule has 0 aliphatic carbocycles. The molecule has 3 heteroatoms. The summed E-state index contributed by atoms with van der Waals surface area (Å²) < 4.78 is 13.2. The molecule has 2 nitrogen and oxygen atoms in total. The maximum atomic E-state index is 13.2. The van der Waals surface area contributed by atoms with Crippen LogP contribution in [0, 0.1) is 19.7 Å². The highest BCUT2D eigenvalue weighted by Gasteiger charge is 2.04. The maximum absolute atomic E-state index is 13.2. The van der Waals surface area contributed by atoms with Gasteiger partial charge in [0.25, 0.3) is 0 Å². The third-order valence-corrected chi connectivity index (χ3v) is 2.46. The van der Waals surface area contributed by atoms with Crippen molar-refractivity contribution in [3.05, 3.63) is 47.4 Å². The van der Waals surface area contributed by atoms with Crippen LogP contribution in [-0.2, 0) is 0 Å². The smallest absolute Gasteiger partial charge is 0.124 e. The Kier molecular flexibility index (Phi) is 2.60. The van der Waals surface area contributed by atoms with E-state index in [1.807, 2.05) is 19.9 Å². The van der Waals surface area contributed by atoms with E-state index in [0.717, 1.165) is 22.5 Å². The van der Waals surface area contributed by atoms with Gasteiger partial charge >= 0.3 is 0 Å². The molecule has 0 bridgehead atoms. The van der Waals surface area contributed by atoms with E-state index >= 15 is 0 Å². The monoisotopic (exact) mass is 216 g/mol. The van der Waals surface area contributed by atoms with Gasteiger partial charge in [-0.15, -0.1) is 0 Å². The van der Waals surface area contributed by atoms with Crippen molar-refractivity contribution in [2.24, 2.45) is 0 Å². The quantitative estimate of drug-likeness (QED) is 0.795. The molecule has 0 radical (unpaired) electrons. The third kappa shape index (κ3) is 2.03. The van der Waals surface area contributed by atoms with Crippen molar-refractivity contribution >= 4 is 5.69 Å². The summed E-state index contributed by atoms with van der Waals surface area (Å²) in [4.78, 5) is 4.33. The molecule has 0 fully saturated rings. The van der Waals surface area contributed by atoms with Crippen molar-refractivity contribution in [3.8, 4) is 11.3 Å². The number of nitrogen functional groups attached to an aromatic ring is 1. The number of aryl methyl sites for hydroxylation is 2. The Balaban J connectivity index is 2.54. The predicted octanol–water partition coefficient (Wildman–Crippen LogP) is 3.09. The lowest BCUT2D eigenvalue weighted by atomic mass is 10.1. The minimum atomic E-state index is -0.244. The number of pyridine rings is 1. The fourth-order valence-electron chi connectivity index (χ4n) is 1.62. The highest BCUT2D eigenvalue weighted by atomic mass is 19.1. The lowest BCUT2D eigenvalue weighted by Crippen LogP contribution is -1.94. The molecule has 2 rings (SSSR count). The molecule has 82 valence electrons. The van der Waals surface area contributed by atoms with Crippen LogP contribution in [0.25, 0.3) is 11.3 Å². The summed E-state index contributed by atoms with van der Waals surface area (Å²) in [5, 5.41) is 0. The fraction of sp³-hybridized carbons (Fsp3) is 0.154. The van der Waals surface area contributed by atoms with Crippen molar-refractivity contribution < 1.29 is 4.39 Å². The number of anilines is 1. The summed E-state index contributed by atoms with van der Waals surface area (Å²) in [5.74, 6) is -0.244. The molecule has 0 saturated carbocycles. The highest BCUT2D eigenvalue weighted by molar-refractivity contribution is 5.62. The van der Waals surface area contributed by atoms with Crippen LogP contribution in [0.5, 0.6) is 0 Å². The number of nitrogens with two attached hydrogens (primary N) is 1. The summed E-state index contributed by atoms with van der Waals surface area (Å²) in [5.41, 5.74) is 9.51. The largest absolute Gasteiger partial charge is 0.397 e. The van der Waals surface area contributed by atoms with E-state index in [9.17, 15) is 4.39 Å². The topological polar surface area (TPSA) is 38.9 Å². The van der Waals surface area contributed by atoms with Crippen LogP contribution in [0.4, 0.5) is 10.1 Å². The van der Waals surface area contributed by atoms with Gasteiger partial charge in [-0.2, -0.15) is 0 Å². The average molecular weight is 216 g/mol. The van der Waals surface area contributed by atoms with Gasteiger partial charge in [-0.05, 0) is 49.7 Å². The normalized spacial score (nSPS) is 10.4. The molecule has 0 spiro atoms. The second-order valence-electron chi connectivity index (χ2n) is 3.89. The summed E-state index contributed by atoms with van der Waals surface area (Å²) in [6.45, 7) is 3.70. The number of aromatic nitrogens is 1. The first-order valence-corrected chi connectivity index (χ1v) is 5.07. The first-order chi connectivity index (χ1) is 7.56. The second kappa shape index (κ2) is 3.93. The van der Waals surface area contributed by atoms with Gasteiger partial charge in [0, 0.05) is 5.56 Å². The van der Waals surface area contributed by atoms with E-state index < -0.39 is 0 Å². The van der Waals surface area contributed by atoms with E-state index in [1.54, 1.807) is 12.1 Å². The highest BCUT2D eigenvalue weighted by Crippen LogP contribution is 2.22. The molecule has 0 amide bonds. The lowest BCUT2D eigenvalue weighted by Gasteiger charge is -2.05. The Hall–Kier alpha value is -1.90. The molecule has 2 aromatic rings. The van der Waals surface area contributed by atoms with Gasteiger partial charge in [0.2, 0.25) is 0 Å². The molecular formula is C13H13FN2. The Morgan fingerprint density at radius 3 is 2.50 bits per heavy atom. The summed E-state index contributed by atoms with van der Waals surface area (Å²) >= 11 is 0. The van der Waals surface area contributed by atoms with Crippen LogP contribution in [0.15, 0.2) is 30.3 Å². The summed E-state index contributed by atoms with van der Waals surface area (Å²) in [6.07, 6.45) is 0. The molecule has 0 unspecified atom stereocenters. The Bertz CT molecular complexity index is 515. The number of halogens is 1.